The van der Waals surface area contributed by atoms with Crippen molar-refractivity contribution >= 4 is 36.4 Å². The van der Waals surface area contributed by atoms with Gasteiger partial charge in [0.2, 0.25) is 9.04 Å². The Bertz CT molecular complexity index is 1290. The number of aliphatic hydroxyl groups excluding tert-OH is 2. The molecule has 1 aliphatic heterocycles. The molecule has 2 aromatic heterocycles. The third-order valence-corrected chi connectivity index (χ3v) is 9.51. The van der Waals surface area contributed by atoms with Gasteiger partial charge in [-0.2, -0.15) is 10.2 Å². The Kier molecular flexibility index (Phi) is 6.14. The van der Waals surface area contributed by atoms with Gasteiger partial charge in [0.15, 0.2) is 12.5 Å². The first-order valence-corrected chi connectivity index (χ1v) is 12.9. The molecular formula is C23H34N5O6Si. The molecule has 0 bridgehead atoms. The molecule has 191 valence electrons. The van der Waals surface area contributed by atoms with E-state index in [0.717, 1.165) is 0 Å². The number of hydrogen-bond acceptors (Lipinski definition) is 9. The zero-order valence-corrected chi connectivity index (χ0v) is 22.0. The van der Waals surface area contributed by atoms with E-state index in [1.165, 1.54) is 23.9 Å². The summed E-state index contributed by atoms with van der Waals surface area (Å²) in [6.07, 6.45) is -2.43. The summed E-state index contributed by atoms with van der Waals surface area (Å²) in [7, 11) is -1.61. The van der Waals surface area contributed by atoms with Crippen LogP contribution in [-0.4, -0.2) is 68.4 Å². The highest BCUT2D eigenvalue weighted by Crippen LogP contribution is 2.45. The molecule has 5 unspecified atom stereocenters. The van der Waals surface area contributed by atoms with Gasteiger partial charge < -0.3 is 30.2 Å². The molecule has 12 heteroatoms. The maximum Gasteiger partial charge on any atom is 0.272 e. The monoisotopic (exact) mass is 504 g/mol. The highest BCUT2D eigenvalue weighted by Gasteiger charge is 2.57. The quantitative estimate of drug-likeness (QED) is 0.263. The Morgan fingerprint density at radius 1 is 1.26 bits per heavy atom. The average Bonchev–Trinajstić information content (AvgIpc) is 3.11. The molecule has 11 nitrogen and oxygen atoms in total. The molecule has 6 N–H and O–H groups in total. The van der Waals surface area contributed by atoms with Crippen LogP contribution in [0.1, 0.15) is 54.7 Å². The van der Waals surface area contributed by atoms with Gasteiger partial charge in [-0.05, 0) is 23.1 Å². The SMILES string of the molecule is CC1(O)C(O)C(C(O)O[Si](C(C)(C)C)C(C)(C)C)OC1n1cc2c(N)cc3c(=O)[nH]ncc(n1)c23. The molecule has 5 atom stereocenters. The minimum atomic E-state index is -1.83. The van der Waals surface area contributed by atoms with E-state index in [9.17, 15) is 20.1 Å². The standard InChI is InChI=1S/C23H34N5O6Si/c1-21(2,3)35(22(4,5)6)34-19(31)16-17(29)23(7,32)20(33-16)28-10-12-13(24)8-11-15(12)14(27-28)9-25-26-18(11)30/h8-10,16-17,19-20,29,31-32H,24H2,1-7H3,(H,26,30). The van der Waals surface area contributed by atoms with Crippen molar-refractivity contribution in [2.24, 2.45) is 0 Å². The number of rotatable bonds is 4. The molecule has 0 spiro atoms. The first-order valence-electron chi connectivity index (χ1n) is 11.5. The van der Waals surface area contributed by atoms with Crippen LogP contribution in [0.3, 0.4) is 0 Å². The fourth-order valence-electron chi connectivity index (χ4n) is 5.01. The van der Waals surface area contributed by atoms with Gasteiger partial charge in [0.1, 0.15) is 23.3 Å². The van der Waals surface area contributed by atoms with Crippen molar-refractivity contribution < 1.29 is 24.5 Å². The second kappa shape index (κ2) is 8.35. The molecule has 1 radical (unpaired) electrons. The second-order valence-electron chi connectivity index (χ2n) is 11.5. The maximum absolute atomic E-state index is 12.3. The number of anilines is 1. The van der Waals surface area contributed by atoms with Gasteiger partial charge in [0.25, 0.3) is 5.56 Å². The summed E-state index contributed by atoms with van der Waals surface area (Å²) in [5.41, 5.74) is 4.61. The summed E-state index contributed by atoms with van der Waals surface area (Å²) in [4.78, 5) is 12.3. The lowest BCUT2D eigenvalue weighted by Crippen LogP contribution is -2.50. The van der Waals surface area contributed by atoms with Crippen LogP contribution in [-0.2, 0) is 9.16 Å². The molecular weight excluding hydrogens is 470 g/mol. The number of H-pyrrole nitrogens is 1. The second-order valence-corrected chi connectivity index (χ2v) is 15.4. The topological polar surface area (TPSA) is 169 Å². The lowest BCUT2D eigenvalue weighted by molar-refractivity contribution is -0.161. The molecule has 1 aliphatic rings. The van der Waals surface area contributed by atoms with E-state index < -0.39 is 44.9 Å². The van der Waals surface area contributed by atoms with Gasteiger partial charge in [-0.25, -0.2) is 9.78 Å². The molecule has 35 heavy (non-hydrogen) atoms. The fraction of sp³-hybridized carbons (Fsp3) is 0.609. The lowest BCUT2D eigenvalue weighted by atomic mass is 9.96. The van der Waals surface area contributed by atoms with E-state index in [2.05, 4.69) is 15.3 Å². The number of nitrogens with two attached hydrogens (primary N) is 1. The molecule has 1 saturated heterocycles. The largest absolute Gasteiger partial charge is 0.398 e. The van der Waals surface area contributed by atoms with E-state index in [0.29, 0.717) is 27.4 Å². The number of aliphatic hydroxyl groups is 3. The predicted octanol–water partition coefficient (Wildman–Crippen LogP) is 1.79. The summed E-state index contributed by atoms with van der Waals surface area (Å²) < 4.78 is 13.5. The van der Waals surface area contributed by atoms with Gasteiger partial charge in [-0.1, -0.05) is 41.5 Å². The molecule has 1 aromatic carbocycles. The maximum atomic E-state index is 12.3. The number of aromatic nitrogens is 4. The number of ether oxygens (including phenoxy) is 1. The Morgan fingerprint density at radius 2 is 1.89 bits per heavy atom. The van der Waals surface area contributed by atoms with E-state index in [4.69, 9.17) is 14.9 Å². The van der Waals surface area contributed by atoms with Crippen LogP contribution in [0.4, 0.5) is 5.69 Å². The first kappa shape index (κ1) is 25.7. The third-order valence-electron chi connectivity index (χ3n) is 6.31. The molecule has 0 amide bonds. The Morgan fingerprint density at radius 3 is 2.49 bits per heavy atom. The van der Waals surface area contributed by atoms with Crippen LogP contribution in [0.2, 0.25) is 10.1 Å². The van der Waals surface area contributed by atoms with E-state index in [-0.39, 0.29) is 10.1 Å². The van der Waals surface area contributed by atoms with Crippen molar-refractivity contribution in [3.63, 3.8) is 0 Å². The minimum absolute atomic E-state index is 0.213. The molecule has 1 fully saturated rings. The Hall–Kier alpha value is -2.35. The molecule has 0 saturated carbocycles. The van der Waals surface area contributed by atoms with E-state index in [1.807, 2.05) is 41.5 Å². The van der Waals surface area contributed by atoms with Crippen LogP contribution < -0.4 is 11.3 Å². The number of aromatic amines is 1. The van der Waals surface area contributed by atoms with Crippen molar-refractivity contribution in [2.45, 2.75) is 88.9 Å². The van der Waals surface area contributed by atoms with Gasteiger partial charge in [0, 0.05) is 22.7 Å². The normalized spacial score (nSPS) is 26.8. The summed E-state index contributed by atoms with van der Waals surface area (Å²) in [6, 6.07) is 1.54. The lowest BCUT2D eigenvalue weighted by Gasteiger charge is -2.40. The first-order chi connectivity index (χ1) is 16.0. The Labute approximate surface area is 204 Å². The smallest absolute Gasteiger partial charge is 0.272 e. The van der Waals surface area contributed by atoms with Crippen LogP contribution in [0.5, 0.6) is 0 Å². The van der Waals surface area contributed by atoms with Gasteiger partial charge in [-0.15, -0.1) is 0 Å². The van der Waals surface area contributed by atoms with Crippen LogP contribution in [0.15, 0.2) is 23.3 Å². The summed E-state index contributed by atoms with van der Waals surface area (Å²) in [6.45, 7) is 13.7. The van der Waals surface area contributed by atoms with Crippen LogP contribution >= 0.6 is 0 Å². The predicted molar refractivity (Wildman–Crippen MR) is 133 cm³/mol. The van der Waals surface area contributed by atoms with Crippen molar-refractivity contribution in [3.05, 3.63) is 28.8 Å². The Balaban J connectivity index is 1.73. The zero-order valence-electron chi connectivity index (χ0n) is 21.0. The van der Waals surface area contributed by atoms with Crippen molar-refractivity contribution in [1.82, 2.24) is 20.0 Å². The zero-order chi connectivity index (χ0) is 26.1. The van der Waals surface area contributed by atoms with E-state index >= 15 is 0 Å². The fourth-order valence-corrected chi connectivity index (χ4v) is 8.34. The number of hydrogen-bond donors (Lipinski definition) is 5. The molecule has 3 heterocycles. The van der Waals surface area contributed by atoms with Crippen molar-refractivity contribution in [3.8, 4) is 0 Å². The van der Waals surface area contributed by atoms with Gasteiger partial charge in [-0.3, -0.25) is 4.79 Å². The van der Waals surface area contributed by atoms with Crippen molar-refractivity contribution in [1.29, 1.82) is 0 Å². The molecule has 4 rings (SSSR count). The average molecular weight is 505 g/mol. The highest BCUT2D eigenvalue weighted by molar-refractivity contribution is 6.58. The van der Waals surface area contributed by atoms with Crippen molar-refractivity contribution in [2.75, 3.05) is 5.73 Å². The van der Waals surface area contributed by atoms with Gasteiger partial charge in [0.05, 0.1) is 11.6 Å². The number of nitrogen functional groups attached to an aromatic ring is 1. The summed E-state index contributed by atoms with van der Waals surface area (Å²) in [5, 5.41) is 45.0. The summed E-state index contributed by atoms with van der Waals surface area (Å²) in [5.74, 6) is 0. The summed E-state index contributed by atoms with van der Waals surface area (Å²) >= 11 is 0. The van der Waals surface area contributed by atoms with E-state index in [1.54, 1.807) is 6.20 Å². The molecule has 3 aromatic rings. The number of nitrogens with zero attached hydrogens (tertiary/aromatic N) is 3. The number of nitrogens with one attached hydrogen (secondary N) is 1. The van der Waals surface area contributed by atoms with Gasteiger partial charge >= 0.3 is 0 Å². The minimum Gasteiger partial charge on any atom is -0.398 e. The van der Waals surface area contributed by atoms with Crippen LogP contribution in [0, 0.1) is 0 Å². The highest BCUT2D eigenvalue weighted by atomic mass is 28.3. The van der Waals surface area contributed by atoms with Crippen LogP contribution in [0.25, 0.3) is 21.7 Å². The third kappa shape index (κ3) is 4.38. The molecule has 0 aliphatic carbocycles.